The predicted octanol–water partition coefficient (Wildman–Crippen LogP) is 4.79. The molecular weight excluding hydrogens is 390 g/mol. The zero-order valence-corrected chi connectivity index (χ0v) is 18.4. The quantitative estimate of drug-likeness (QED) is 0.351. The fourth-order valence-electron chi connectivity index (χ4n) is 4.80. The molecule has 0 aromatic heterocycles. The number of allylic oxidation sites excluding steroid dienone is 2. The van der Waals surface area contributed by atoms with Crippen LogP contribution in [0.15, 0.2) is 60.7 Å². The van der Waals surface area contributed by atoms with E-state index in [1.807, 2.05) is 48.5 Å². The first-order valence-electron chi connectivity index (χ1n) is 10.9. The molecule has 0 radical (unpaired) electrons. The average molecular weight is 420 g/mol. The summed E-state index contributed by atoms with van der Waals surface area (Å²) in [4.78, 5) is 28.8. The molecule has 5 nitrogen and oxygen atoms in total. The molecule has 1 saturated carbocycles. The minimum absolute atomic E-state index is 0.179. The molecular formula is C26H29NO4. The van der Waals surface area contributed by atoms with Gasteiger partial charge in [0.15, 0.2) is 5.41 Å². The van der Waals surface area contributed by atoms with Crippen molar-refractivity contribution in [2.45, 2.75) is 45.1 Å². The summed E-state index contributed by atoms with van der Waals surface area (Å²) in [6.07, 6.45) is 6.55. The van der Waals surface area contributed by atoms with E-state index < -0.39 is 16.8 Å². The van der Waals surface area contributed by atoms with E-state index in [0.717, 1.165) is 35.4 Å². The Kier molecular flexibility index (Phi) is 5.61. The van der Waals surface area contributed by atoms with Gasteiger partial charge in [-0.1, -0.05) is 55.8 Å². The van der Waals surface area contributed by atoms with Crippen molar-refractivity contribution in [2.24, 2.45) is 5.41 Å². The van der Waals surface area contributed by atoms with Crippen molar-refractivity contribution in [1.82, 2.24) is 0 Å². The van der Waals surface area contributed by atoms with Gasteiger partial charge < -0.3 is 14.4 Å². The van der Waals surface area contributed by atoms with Crippen LogP contribution in [0.5, 0.6) is 5.75 Å². The standard InChI is InChI=1S/C26H29NO4/c1-4-6-9-16-25-18-26(25,24(29)31-5-2)23(28)27(22-11-8-7-10-21(22)25)17-19-12-14-20(30-3)15-13-19/h7-16H,4-6,17-18H2,1-3H3/b16-9+. The van der Waals surface area contributed by atoms with E-state index in [4.69, 9.17) is 9.47 Å². The van der Waals surface area contributed by atoms with Crippen LogP contribution < -0.4 is 9.64 Å². The number of methoxy groups -OCH3 is 1. The maximum absolute atomic E-state index is 13.9. The molecule has 0 spiro atoms. The molecule has 1 aliphatic heterocycles. The molecule has 2 unspecified atom stereocenters. The lowest BCUT2D eigenvalue weighted by Gasteiger charge is -2.37. The third kappa shape index (κ3) is 3.23. The van der Waals surface area contributed by atoms with E-state index in [1.54, 1.807) is 18.9 Å². The van der Waals surface area contributed by atoms with Crippen LogP contribution in [0, 0.1) is 5.41 Å². The summed E-state index contributed by atoms with van der Waals surface area (Å²) in [7, 11) is 1.63. The second kappa shape index (κ2) is 8.22. The number of rotatable bonds is 8. The van der Waals surface area contributed by atoms with Gasteiger partial charge >= 0.3 is 5.97 Å². The summed E-state index contributed by atoms with van der Waals surface area (Å²) in [6.45, 7) is 4.53. The van der Waals surface area contributed by atoms with Crippen LogP contribution >= 0.6 is 0 Å². The lowest BCUT2D eigenvalue weighted by atomic mass is 9.79. The van der Waals surface area contributed by atoms with Gasteiger partial charge in [0.2, 0.25) is 5.91 Å². The summed E-state index contributed by atoms with van der Waals surface area (Å²) >= 11 is 0. The number of amides is 1. The second-order valence-electron chi connectivity index (χ2n) is 8.22. The number of benzene rings is 2. The first-order chi connectivity index (χ1) is 15.0. The van der Waals surface area contributed by atoms with Gasteiger partial charge in [-0.15, -0.1) is 0 Å². The highest BCUT2D eigenvalue weighted by Gasteiger charge is 2.80. The number of unbranched alkanes of at least 4 members (excludes halogenated alkanes) is 1. The van der Waals surface area contributed by atoms with Gasteiger partial charge in [-0.3, -0.25) is 9.59 Å². The number of carbonyl (C=O) groups is 2. The van der Waals surface area contributed by atoms with Crippen LogP contribution in [0.3, 0.4) is 0 Å². The molecule has 5 heteroatoms. The zero-order chi connectivity index (χ0) is 22.1. The van der Waals surface area contributed by atoms with Gasteiger partial charge in [0.25, 0.3) is 0 Å². The Labute approximate surface area is 183 Å². The maximum Gasteiger partial charge on any atom is 0.322 e. The van der Waals surface area contributed by atoms with Crippen molar-refractivity contribution in [3.05, 3.63) is 71.8 Å². The fourth-order valence-corrected chi connectivity index (χ4v) is 4.80. The number of ether oxygens (including phenoxy) is 2. The first kappa shape index (κ1) is 21.2. The summed E-state index contributed by atoms with van der Waals surface area (Å²) in [5.74, 6) is 0.163. The minimum Gasteiger partial charge on any atom is -0.497 e. The second-order valence-corrected chi connectivity index (χ2v) is 8.22. The molecule has 0 N–H and O–H groups in total. The number of para-hydroxylation sites is 1. The largest absolute Gasteiger partial charge is 0.497 e. The Morgan fingerprint density at radius 2 is 1.87 bits per heavy atom. The Balaban J connectivity index is 1.80. The highest BCUT2D eigenvalue weighted by Crippen LogP contribution is 2.71. The fraction of sp³-hybridized carbons (Fsp3) is 0.385. The van der Waals surface area contributed by atoms with E-state index in [1.165, 1.54) is 0 Å². The molecule has 31 heavy (non-hydrogen) atoms. The smallest absolute Gasteiger partial charge is 0.322 e. The van der Waals surface area contributed by atoms with Gasteiger partial charge in [-0.25, -0.2) is 0 Å². The monoisotopic (exact) mass is 419 g/mol. The summed E-state index contributed by atoms with van der Waals surface area (Å²) in [5.41, 5.74) is 1.04. The highest BCUT2D eigenvalue weighted by atomic mass is 16.5. The highest BCUT2D eigenvalue weighted by molar-refractivity contribution is 6.18. The molecule has 1 amide bonds. The third-order valence-corrected chi connectivity index (χ3v) is 6.45. The molecule has 0 saturated heterocycles. The van der Waals surface area contributed by atoms with Gasteiger partial charge in [0.1, 0.15) is 5.75 Å². The van der Waals surface area contributed by atoms with E-state index in [-0.39, 0.29) is 12.5 Å². The Hall–Kier alpha value is -3.08. The summed E-state index contributed by atoms with van der Waals surface area (Å²) in [5, 5.41) is 0. The lowest BCUT2D eigenvalue weighted by Crippen LogP contribution is -2.49. The summed E-state index contributed by atoms with van der Waals surface area (Å²) in [6, 6.07) is 15.6. The SMILES string of the molecule is CCC/C=C/C12CC1(C(=O)OCC)C(=O)N(Cc1ccc(OC)cc1)c1ccccc12. The number of hydrogen-bond donors (Lipinski definition) is 0. The molecule has 1 aliphatic carbocycles. The van der Waals surface area contributed by atoms with E-state index >= 15 is 0 Å². The van der Waals surface area contributed by atoms with Gasteiger partial charge in [-0.05, 0) is 49.1 Å². The van der Waals surface area contributed by atoms with Gasteiger partial charge in [0, 0.05) is 11.1 Å². The third-order valence-electron chi connectivity index (χ3n) is 6.45. The van der Waals surface area contributed by atoms with Crippen molar-refractivity contribution in [2.75, 3.05) is 18.6 Å². The van der Waals surface area contributed by atoms with Crippen molar-refractivity contribution in [3.63, 3.8) is 0 Å². The van der Waals surface area contributed by atoms with E-state index in [9.17, 15) is 9.59 Å². The van der Waals surface area contributed by atoms with Crippen molar-refractivity contribution >= 4 is 17.6 Å². The van der Waals surface area contributed by atoms with Crippen molar-refractivity contribution in [3.8, 4) is 5.75 Å². The van der Waals surface area contributed by atoms with Crippen LogP contribution in [0.25, 0.3) is 0 Å². The number of fused-ring (bicyclic) bond motifs is 3. The van der Waals surface area contributed by atoms with Crippen LogP contribution in [-0.2, 0) is 26.3 Å². The van der Waals surface area contributed by atoms with Crippen LogP contribution in [0.1, 0.15) is 44.2 Å². The number of esters is 1. The number of anilines is 1. The van der Waals surface area contributed by atoms with Gasteiger partial charge in [0.05, 0.1) is 20.3 Å². The number of hydrogen-bond acceptors (Lipinski definition) is 4. The van der Waals surface area contributed by atoms with Crippen molar-refractivity contribution < 1.29 is 19.1 Å². The Morgan fingerprint density at radius 1 is 1.13 bits per heavy atom. The average Bonchev–Trinajstić information content (AvgIpc) is 3.49. The predicted molar refractivity (Wildman–Crippen MR) is 120 cm³/mol. The van der Waals surface area contributed by atoms with Crippen LogP contribution in [0.4, 0.5) is 5.69 Å². The minimum atomic E-state index is -1.19. The molecule has 1 heterocycles. The topological polar surface area (TPSA) is 55.8 Å². The number of carbonyl (C=O) groups excluding carboxylic acids is 2. The van der Waals surface area contributed by atoms with E-state index in [2.05, 4.69) is 19.1 Å². The van der Waals surface area contributed by atoms with Crippen LogP contribution in [-0.4, -0.2) is 25.6 Å². The molecule has 2 atom stereocenters. The molecule has 0 bridgehead atoms. The maximum atomic E-state index is 13.9. The zero-order valence-electron chi connectivity index (χ0n) is 18.4. The molecule has 4 rings (SSSR count). The number of nitrogens with zero attached hydrogens (tertiary/aromatic N) is 1. The first-order valence-corrected chi connectivity index (χ1v) is 10.9. The molecule has 2 aliphatic rings. The molecule has 2 aromatic carbocycles. The van der Waals surface area contributed by atoms with Gasteiger partial charge in [-0.2, -0.15) is 0 Å². The Morgan fingerprint density at radius 3 is 2.55 bits per heavy atom. The molecule has 1 fully saturated rings. The molecule has 162 valence electrons. The normalized spacial score (nSPS) is 24.0. The van der Waals surface area contributed by atoms with Crippen LogP contribution in [0.2, 0.25) is 0 Å². The lowest BCUT2D eigenvalue weighted by molar-refractivity contribution is -0.154. The Bertz CT molecular complexity index is 1010. The molecule has 2 aromatic rings. The van der Waals surface area contributed by atoms with E-state index in [0.29, 0.717) is 13.0 Å². The summed E-state index contributed by atoms with van der Waals surface area (Å²) < 4.78 is 10.7. The van der Waals surface area contributed by atoms with Crippen molar-refractivity contribution in [1.29, 1.82) is 0 Å².